The van der Waals surface area contributed by atoms with Crippen molar-refractivity contribution in [2.45, 2.75) is 20.4 Å². The summed E-state index contributed by atoms with van der Waals surface area (Å²) in [6, 6.07) is 10.4. The number of anilines is 1. The van der Waals surface area contributed by atoms with Gasteiger partial charge in [0.2, 0.25) is 0 Å². The summed E-state index contributed by atoms with van der Waals surface area (Å²) in [5.41, 5.74) is 3.38. The van der Waals surface area contributed by atoms with E-state index in [9.17, 15) is 0 Å². The number of aliphatic imine (C=N–C) groups is 1. The minimum absolute atomic E-state index is 0.589. The Kier molecular flexibility index (Phi) is 6.47. The molecule has 0 spiro atoms. The second kappa shape index (κ2) is 8.82. The van der Waals surface area contributed by atoms with E-state index in [1.807, 2.05) is 6.07 Å². The number of nitrogens with zero attached hydrogens (tertiary/aromatic N) is 3. The molecule has 124 valence electrons. The summed E-state index contributed by atoms with van der Waals surface area (Å²) in [7, 11) is 1.76. The maximum Gasteiger partial charge on any atom is 0.191 e. The first-order valence-electron chi connectivity index (χ1n) is 7.88. The van der Waals surface area contributed by atoms with Gasteiger partial charge in [-0.3, -0.25) is 4.99 Å². The summed E-state index contributed by atoms with van der Waals surface area (Å²) in [4.78, 5) is 6.55. The zero-order chi connectivity index (χ0) is 16.5. The molecule has 2 aromatic rings. The monoisotopic (exact) mass is 315 g/mol. The van der Waals surface area contributed by atoms with Gasteiger partial charge in [0, 0.05) is 38.4 Å². The Morgan fingerprint density at radius 2 is 2.17 bits per heavy atom. The molecule has 0 atom stereocenters. The number of hydrogen-bond donors (Lipinski definition) is 2. The molecule has 0 saturated carbocycles. The lowest BCUT2D eigenvalue weighted by atomic mass is 10.2. The molecule has 23 heavy (non-hydrogen) atoms. The number of hydrogen-bond acceptors (Lipinski definition) is 4. The highest BCUT2D eigenvalue weighted by Crippen LogP contribution is 2.14. The van der Waals surface area contributed by atoms with Crippen molar-refractivity contribution in [1.82, 2.24) is 15.8 Å². The highest BCUT2D eigenvalue weighted by atomic mass is 16.5. The molecule has 2 rings (SSSR count). The predicted molar refractivity (Wildman–Crippen MR) is 93.8 cm³/mol. The van der Waals surface area contributed by atoms with Gasteiger partial charge in [0.05, 0.1) is 6.54 Å². The van der Waals surface area contributed by atoms with Crippen LogP contribution >= 0.6 is 0 Å². The first-order chi connectivity index (χ1) is 11.2. The Morgan fingerprint density at radius 3 is 2.83 bits per heavy atom. The Balaban J connectivity index is 1.79. The number of likely N-dealkylation sites (N-methyl/N-ethyl adjacent to an activating group) is 1. The lowest BCUT2D eigenvalue weighted by molar-refractivity contribution is 0.410. The third-order valence-corrected chi connectivity index (χ3v) is 3.57. The zero-order valence-corrected chi connectivity index (χ0v) is 14.0. The highest BCUT2D eigenvalue weighted by molar-refractivity contribution is 5.79. The summed E-state index contributed by atoms with van der Waals surface area (Å²) in [5, 5.41) is 10.4. The van der Waals surface area contributed by atoms with Crippen molar-refractivity contribution < 1.29 is 4.52 Å². The molecule has 0 bridgehead atoms. The van der Waals surface area contributed by atoms with E-state index in [4.69, 9.17) is 4.52 Å². The molecule has 0 amide bonds. The van der Waals surface area contributed by atoms with Crippen molar-refractivity contribution in [3.05, 3.63) is 47.9 Å². The average molecular weight is 315 g/mol. The van der Waals surface area contributed by atoms with Gasteiger partial charge in [0.1, 0.15) is 12.0 Å². The van der Waals surface area contributed by atoms with Crippen LogP contribution in [0.5, 0.6) is 0 Å². The third-order valence-electron chi connectivity index (χ3n) is 3.57. The van der Waals surface area contributed by atoms with Gasteiger partial charge in [-0.15, -0.1) is 0 Å². The molecule has 2 N–H and O–H groups in total. The van der Waals surface area contributed by atoms with Crippen LogP contribution < -0.4 is 15.5 Å². The number of benzene rings is 1. The summed E-state index contributed by atoms with van der Waals surface area (Å²) < 4.78 is 4.81. The van der Waals surface area contributed by atoms with Crippen molar-refractivity contribution >= 4 is 11.6 Å². The lowest BCUT2D eigenvalue weighted by Crippen LogP contribution is -2.41. The molecular formula is C17H25N5O. The van der Waals surface area contributed by atoms with Gasteiger partial charge >= 0.3 is 0 Å². The molecule has 6 nitrogen and oxygen atoms in total. The maximum atomic E-state index is 4.81. The van der Waals surface area contributed by atoms with E-state index in [0.717, 1.165) is 31.3 Å². The van der Waals surface area contributed by atoms with E-state index in [1.165, 1.54) is 11.3 Å². The molecule has 1 aromatic carbocycles. The number of guanidine groups is 1. The first-order valence-corrected chi connectivity index (χ1v) is 7.88. The fourth-order valence-electron chi connectivity index (χ4n) is 2.33. The van der Waals surface area contributed by atoms with Crippen molar-refractivity contribution in [3.8, 4) is 0 Å². The molecule has 1 aromatic heterocycles. The number of aryl methyl sites for hydroxylation is 1. The molecule has 0 unspecified atom stereocenters. The molecular weight excluding hydrogens is 290 g/mol. The standard InChI is InChI=1S/C17H25N5O/c1-4-22(16-7-5-6-14(2)12-16)10-9-19-17(18-3)20-13-15-8-11-23-21-15/h5-8,11-12H,4,9-10,13H2,1-3H3,(H2,18,19,20). The normalized spacial score (nSPS) is 11.3. The number of rotatable bonds is 7. The van der Waals surface area contributed by atoms with E-state index in [1.54, 1.807) is 13.3 Å². The summed E-state index contributed by atoms with van der Waals surface area (Å²) >= 11 is 0. The minimum atomic E-state index is 0.589. The molecule has 0 aliphatic carbocycles. The fourth-order valence-corrected chi connectivity index (χ4v) is 2.33. The maximum absolute atomic E-state index is 4.81. The van der Waals surface area contributed by atoms with Gasteiger partial charge in [-0.05, 0) is 31.5 Å². The molecule has 6 heteroatoms. The number of aromatic nitrogens is 1. The van der Waals surface area contributed by atoms with Gasteiger partial charge in [0.25, 0.3) is 0 Å². The zero-order valence-electron chi connectivity index (χ0n) is 14.0. The van der Waals surface area contributed by atoms with Gasteiger partial charge in [-0.25, -0.2) is 0 Å². The quantitative estimate of drug-likeness (QED) is 0.605. The van der Waals surface area contributed by atoms with Crippen LogP contribution in [0, 0.1) is 6.92 Å². The Hall–Kier alpha value is -2.50. The van der Waals surface area contributed by atoms with Crippen LogP contribution in [0.3, 0.4) is 0 Å². The largest absolute Gasteiger partial charge is 0.370 e. The highest BCUT2D eigenvalue weighted by Gasteiger charge is 2.05. The van der Waals surface area contributed by atoms with Crippen LogP contribution in [0.25, 0.3) is 0 Å². The second-order valence-corrected chi connectivity index (χ2v) is 5.26. The van der Waals surface area contributed by atoms with Crippen LogP contribution in [0.4, 0.5) is 5.69 Å². The van der Waals surface area contributed by atoms with E-state index in [-0.39, 0.29) is 0 Å². The van der Waals surface area contributed by atoms with Crippen LogP contribution in [0.15, 0.2) is 46.1 Å². The molecule has 0 aliphatic heterocycles. The lowest BCUT2D eigenvalue weighted by Gasteiger charge is -2.24. The van der Waals surface area contributed by atoms with Gasteiger partial charge in [0.15, 0.2) is 5.96 Å². The molecule has 0 fully saturated rings. The molecule has 0 saturated heterocycles. The summed E-state index contributed by atoms with van der Waals surface area (Å²) in [6.45, 7) is 7.55. The minimum Gasteiger partial charge on any atom is -0.370 e. The number of nitrogens with one attached hydrogen (secondary N) is 2. The second-order valence-electron chi connectivity index (χ2n) is 5.26. The van der Waals surface area contributed by atoms with Gasteiger partial charge in [-0.2, -0.15) is 0 Å². The first kappa shape index (κ1) is 16.9. The molecule has 0 aliphatic rings. The molecule has 0 radical (unpaired) electrons. The van der Waals surface area contributed by atoms with Crippen molar-refractivity contribution in [3.63, 3.8) is 0 Å². The van der Waals surface area contributed by atoms with Crippen LogP contribution in [0.1, 0.15) is 18.2 Å². The third kappa shape index (κ3) is 5.32. The van der Waals surface area contributed by atoms with E-state index in [0.29, 0.717) is 6.54 Å². The Bertz CT molecular complexity index is 609. The van der Waals surface area contributed by atoms with Crippen LogP contribution in [0.2, 0.25) is 0 Å². The Labute approximate surface area is 137 Å². The predicted octanol–water partition coefficient (Wildman–Crippen LogP) is 2.17. The fraction of sp³-hybridized carbons (Fsp3) is 0.412. The van der Waals surface area contributed by atoms with Crippen molar-refractivity contribution in [1.29, 1.82) is 0 Å². The van der Waals surface area contributed by atoms with Crippen LogP contribution in [-0.2, 0) is 6.54 Å². The SMILES string of the molecule is CCN(CCNC(=NC)NCc1ccon1)c1cccc(C)c1. The van der Waals surface area contributed by atoms with E-state index >= 15 is 0 Å². The smallest absolute Gasteiger partial charge is 0.191 e. The Morgan fingerprint density at radius 1 is 1.30 bits per heavy atom. The van der Waals surface area contributed by atoms with Crippen LogP contribution in [-0.4, -0.2) is 37.8 Å². The summed E-state index contributed by atoms with van der Waals surface area (Å²) in [6.07, 6.45) is 1.56. The van der Waals surface area contributed by atoms with Crippen molar-refractivity contribution in [2.24, 2.45) is 4.99 Å². The van der Waals surface area contributed by atoms with E-state index in [2.05, 4.69) is 63.8 Å². The summed E-state index contributed by atoms with van der Waals surface area (Å²) in [5.74, 6) is 0.758. The van der Waals surface area contributed by atoms with E-state index < -0.39 is 0 Å². The average Bonchev–Trinajstić information content (AvgIpc) is 3.08. The topological polar surface area (TPSA) is 65.7 Å². The molecule has 1 heterocycles. The van der Waals surface area contributed by atoms with Gasteiger partial charge < -0.3 is 20.1 Å². The van der Waals surface area contributed by atoms with Crippen molar-refractivity contribution in [2.75, 3.05) is 31.6 Å². The van der Waals surface area contributed by atoms with Gasteiger partial charge in [-0.1, -0.05) is 17.3 Å².